The van der Waals surface area contributed by atoms with Crippen molar-refractivity contribution in [3.05, 3.63) is 35.4 Å². The molecule has 0 saturated carbocycles. The van der Waals surface area contributed by atoms with Gasteiger partial charge in [0.05, 0.1) is 12.1 Å². The van der Waals surface area contributed by atoms with Crippen LogP contribution in [0.4, 0.5) is 8.78 Å². The Bertz CT molecular complexity index is 471. The van der Waals surface area contributed by atoms with Crippen LogP contribution in [0.15, 0.2) is 18.2 Å². The fraction of sp³-hybridized carbons (Fsp3) is 0.533. The number of piperazine rings is 1. The summed E-state index contributed by atoms with van der Waals surface area (Å²) in [6.07, 6.45) is 1.12. The maximum Gasteiger partial charge on any atom is 0.179 e. The van der Waals surface area contributed by atoms with Gasteiger partial charge < -0.3 is 4.90 Å². The van der Waals surface area contributed by atoms with Crippen molar-refractivity contribution in [3.8, 4) is 0 Å². The minimum atomic E-state index is -0.778. The Hall–Kier alpha value is -1.33. The Balaban J connectivity index is 1.89. The number of carbonyl (C=O) groups is 1. The minimum Gasteiger partial charge on any atom is -0.301 e. The van der Waals surface area contributed by atoms with Crippen LogP contribution in [0.2, 0.25) is 0 Å². The van der Waals surface area contributed by atoms with Crippen molar-refractivity contribution in [2.45, 2.75) is 13.3 Å². The molecule has 3 nitrogen and oxygen atoms in total. The monoisotopic (exact) mass is 282 g/mol. The predicted octanol–water partition coefficient (Wildman–Crippen LogP) is 2.18. The van der Waals surface area contributed by atoms with Crippen LogP contribution in [-0.2, 0) is 0 Å². The van der Waals surface area contributed by atoms with Gasteiger partial charge in [-0.15, -0.1) is 0 Å². The molecule has 1 fully saturated rings. The SMILES string of the molecule is CCCN1CCN(CC(=O)c2ccc(F)cc2F)CC1. The quantitative estimate of drug-likeness (QED) is 0.773. The molecule has 1 aliphatic rings. The summed E-state index contributed by atoms with van der Waals surface area (Å²) >= 11 is 0. The van der Waals surface area contributed by atoms with E-state index in [4.69, 9.17) is 0 Å². The van der Waals surface area contributed by atoms with Crippen LogP contribution in [-0.4, -0.2) is 54.9 Å². The Morgan fingerprint density at radius 3 is 2.40 bits per heavy atom. The molecule has 0 radical (unpaired) electrons. The first-order valence-corrected chi connectivity index (χ1v) is 7.03. The van der Waals surface area contributed by atoms with E-state index in [0.29, 0.717) is 0 Å². The highest BCUT2D eigenvalue weighted by Crippen LogP contribution is 2.12. The van der Waals surface area contributed by atoms with Crippen molar-refractivity contribution < 1.29 is 13.6 Å². The summed E-state index contributed by atoms with van der Waals surface area (Å²) < 4.78 is 26.3. The first-order chi connectivity index (χ1) is 9.60. The van der Waals surface area contributed by atoms with Gasteiger partial charge in [0.25, 0.3) is 0 Å². The molecule has 1 heterocycles. The van der Waals surface area contributed by atoms with Gasteiger partial charge in [0.1, 0.15) is 11.6 Å². The van der Waals surface area contributed by atoms with Crippen molar-refractivity contribution in [2.24, 2.45) is 0 Å². The van der Waals surface area contributed by atoms with Crippen LogP contribution in [0.1, 0.15) is 23.7 Å². The normalized spacial score (nSPS) is 17.4. The summed E-state index contributed by atoms with van der Waals surface area (Å²) in [7, 11) is 0. The molecule has 1 saturated heterocycles. The lowest BCUT2D eigenvalue weighted by atomic mass is 10.1. The largest absolute Gasteiger partial charge is 0.301 e. The van der Waals surface area contributed by atoms with E-state index in [1.54, 1.807) is 0 Å². The molecular formula is C15H20F2N2O. The molecule has 0 bridgehead atoms. The average Bonchev–Trinajstić information content (AvgIpc) is 2.41. The fourth-order valence-corrected chi connectivity index (χ4v) is 2.49. The third-order valence-electron chi connectivity index (χ3n) is 3.60. The lowest BCUT2D eigenvalue weighted by molar-refractivity contribution is 0.0849. The second-order valence-corrected chi connectivity index (χ2v) is 5.17. The zero-order chi connectivity index (χ0) is 14.5. The van der Waals surface area contributed by atoms with Crippen molar-refractivity contribution in [1.29, 1.82) is 0 Å². The van der Waals surface area contributed by atoms with Crippen LogP contribution in [0.3, 0.4) is 0 Å². The van der Waals surface area contributed by atoms with E-state index >= 15 is 0 Å². The van der Waals surface area contributed by atoms with Gasteiger partial charge >= 0.3 is 0 Å². The highest BCUT2D eigenvalue weighted by atomic mass is 19.1. The summed E-state index contributed by atoms with van der Waals surface area (Å²) in [5.74, 6) is -1.72. The summed E-state index contributed by atoms with van der Waals surface area (Å²) in [6, 6.07) is 3.10. The molecule has 110 valence electrons. The van der Waals surface area contributed by atoms with Gasteiger partial charge in [0.2, 0.25) is 0 Å². The predicted molar refractivity (Wildman–Crippen MR) is 73.9 cm³/mol. The van der Waals surface area contributed by atoms with Crippen molar-refractivity contribution in [1.82, 2.24) is 9.80 Å². The fourth-order valence-electron chi connectivity index (χ4n) is 2.49. The topological polar surface area (TPSA) is 23.6 Å². The van der Waals surface area contributed by atoms with Crippen molar-refractivity contribution in [2.75, 3.05) is 39.3 Å². The van der Waals surface area contributed by atoms with Gasteiger partial charge in [0.15, 0.2) is 5.78 Å². The molecule has 20 heavy (non-hydrogen) atoms. The van der Waals surface area contributed by atoms with E-state index in [0.717, 1.165) is 51.3 Å². The molecule has 1 aliphatic heterocycles. The van der Waals surface area contributed by atoms with E-state index in [9.17, 15) is 13.6 Å². The molecule has 5 heteroatoms. The molecule has 2 rings (SSSR count). The molecule has 0 aliphatic carbocycles. The van der Waals surface area contributed by atoms with Gasteiger partial charge in [-0.1, -0.05) is 6.92 Å². The van der Waals surface area contributed by atoms with E-state index in [-0.39, 0.29) is 17.9 Å². The van der Waals surface area contributed by atoms with Gasteiger partial charge in [-0.3, -0.25) is 9.69 Å². The zero-order valence-electron chi connectivity index (χ0n) is 11.7. The van der Waals surface area contributed by atoms with Gasteiger partial charge in [-0.2, -0.15) is 0 Å². The summed E-state index contributed by atoms with van der Waals surface area (Å²) in [5.41, 5.74) is -0.0256. The summed E-state index contributed by atoms with van der Waals surface area (Å²) in [5, 5.41) is 0. The van der Waals surface area contributed by atoms with E-state index in [1.807, 2.05) is 4.90 Å². The van der Waals surface area contributed by atoms with E-state index in [2.05, 4.69) is 11.8 Å². The molecule has 0 N–H and O–H groups in total. The van der Waals surface area contributed by atoms with Crippen LogP contribution in [0.5, 0.6) is 0 Å². The summed E-state index contributed by atoms with van der Waals surface area (Å²) in [4.78, 5) is 16.4. The Labute approximate surface area is 118 Å². The number of hydrogen-bond donors (Lipinski definition) is 0. The molecule has 0 unspecified atom stereocenters. The molecule has 0 atom stereocenters. The molecular weight excluding hydrogens is 262 g/mol. The number of benzene rings is 1. The zero-order valence-corrected chi connectivity index (χ0v) is 11.7. The van der Waals surface area contributed by atoms with Gasteiger partial charge in [0, 0.05) is 32.2 Å². The maximum absolute atomic E-state index is 13.5. The molecule has 1 aromatic rings. The van der Waals surface area contributed by atoms with Crippen molar-refractivity contribution in [3.63, 3.8) is 0 Å². The smallest absolute Gasteiger partial charge is 0.179 e. The molecule has 0 aromatic heterocycles. The first-order valence-electron chi connectivity index (χ1n) is 7.03. The van der Waals surface area contributed by atoms with Gasteiger partial charge in [-0.05, 0) is 25.1 Å². The number of rotatable bonds is 5. The van der Waals surface area contributed by atoms with E-state index < -0.39 is 11.6 Å². The Morgan fingerprint density at radius 2 is 1.80 bits per heavy atom. The second-order valence-electron chi connectivity index (χ2n) is 5.17. The van der Waals surface area contributed by atoms with Crippen LogP contribution < -0.4 is 0 Å². The maximum atomic E-state index is 13.5. The number of halogens is 2. The minimum absolute atomic E-state index is 0.0256. The molecule has 1 aromatic carbocycles. The Kier molecular flexibility index (Phi) is 5.20. The third kappa shape index (κ3) is 3.84. The number of hydrogen-bond acceptors (Lipinski definition) is 3. The third-order valence-corrected chi connectivity index (χ3v) is 3.60. The molecule has 0 amide bonds. The highest BCUT2D eigenvalue weighted by Gasteiger charge is 2.20. The Morgan fingerprint density at radius 1 is 1.15 bits per heavy atom. The van der Waals surface area contributed by atoms with Crippen LogP contribution >= 0.6 is 0 Å². The highest BCUT2D eigenvalue weighted by molar-refractivity contribution is 5.97. The number of ketones is 1. The van der Waals surface area contributed by atoms with E-state index in [1.165, 1.54) is 6.07 Å². The lowest BCUT2D eigenvalue weighted by Crippen LogP contribution is -2.48. The number of nitrogens with zero attached hydrogens (tertiary/aromatic N) is 2. The van der Waals surface area contributed by atoms with Crippen molar-refractivity contribution >= 4 is 5.78 Å². The lowest BCUT2D eigenvalue weighted by Gasteiger charge is -2.34. The molecule has 0 spiro atoms. The van der Waals surface area contributed by atoms with Gasteiger partial charge in [-0.25, -0.2) is 8.78 Å². The average molecular weight is 282 g/mol. The second kappa shape index (κ2) is 6.90. The van der Waals surface area contributed by atoms with Crippen LogP contribution in [0.25, 0.3) is 0 Å². The van der Waals surface area contributed by atoms with Crippen LogP contribution in [0, 0.1) is 11.6 Å². The standard InChI is InChI=1S/C15H20F2N2O/c1-2-5-18-6-8-19(9-7-18)11-15(20)13-4-3-12(16)10-14(13)17/h3-4,10H,2,5-9,11H2,1H3. The number of Topliss-reactive ketones (excluding diaryl/α,β-unsaturated/α-hetero) is 1. The number of carbonyl (C=O) groups excluding carboxylic acids is 1. The summed E-state index contributed by atoms with van der Waals surface area (Å²) in [6.45, 7) is 6.92. The first kappa shape index (κ1) is 15.1.